The summed E-state index contributed by atoms with van der Waals surface area (Å²) in [5.41, 5.74) is 1.12. The maximum Gasteiger partial charge on any atom is 0.269 e. The molecule has 21 heavy (non-hydrogen) atoms. The van der Waals surface area contributed by atoms with Gasteiger partial charge >= 0.3 is 0 Å². The van der Waals surface area contributed by atoms with Crippen LogP contribution in [0.1, 0.15) is 5.69 Å². The van der Waals surface area contributed by atoms with E-state index < -0.39 is 4.92 Å². The highest BCUT2D eigenvalue weighted by molar-refractivity contribution is 5.35. The summed E-state index contributed by atoms with van der Waals surface area (Å²) in [5.74, 6) is 0.632. The Balaban J connectivity index is 1.60. The fourth-order valence-electron chi connectivity index (χ4n) is 1.79. The molecule has 0 amide bonds. The lowest BCUT2D eigenvalue weighted by Gasteiger charge is -2.07. The molecule has 0 aliphatic rings. The predicted molar refractivity (Wildman–Crippen MR) is 79.4 cm³/mol. The van der Waals surface area contributed by atoms with Crippen molar-refractivity contribution in [2.45, 2.75) is 6.42 Å². The van der Waals surface area contributed by atoms with E-state index in [9.17, 15) is 10.1 Å². The standard InChI is InChI=1S/C15H17N3O3/c19-18(20)14-4-6-15(7-5-14)21-12-11-16-10-8-13-3-1-2-9-17-13/h1-7,9,16H,8,10-12H2. The summed E-state index contributed by atoms with van der Waals surface area (Å²) in [5, 5.41) is 13.8. The lowest BCUT2D eigenvalue weighted by atomic mass is 10.3. The number of nitro benzene ring substituents is 1. The maximum atomic E-state index is 10.5. The maximum absolute atomic E-state index is 10.5. The first-order valence-electron chi connectivity index (χ1n) is 6.73. The molecule has 0 aliphatic carbocycles. The number of hydrogen-bond acceptors (Lipinski definition) is 5. The Hall–Kier alpha value is -2.47. The normalized spacial score (nSPS) is 10.3. The second-order valence-electron chi connectivity index (χ2n) is 4.42. The summed E-state index contributed by atoms with van der Waals surface area (Å²) in [6.45, 7) is 2.06. The van der Waals surface area contributed by atoms with E-state index in [2.05, 4.69) is 10.3 Å². The van der Waals surface area contributed by atoms with Gasteiger partial charge in [0.2, 0.25) is 0 Å². The molecule has 110 valence electrons. The molecule has 6 nitrogen and oxygen atoms in total. The molecular weight excluding hydrogens is 270 g/mol. The van der Waals surface area contributed by atoms with Crippen LogP contribution >= 0.6 is 0 Å². The molecule has 0 radical (unpaired) electrons. The number of aromatic nitrogens is 1. The largest absolute Gasteiger partial charge is 0.492 e. The van der Waals surface area contributed by atoms with E-state index in [0.29, 0.717) is 18.9 Å². The number of hydrogen-bond donors (Lipinski definition) is 1. The third kappa shape index (κ3) is 5.19. The minimum absolute atomic E-state index is 0.0656. The zero-order valence-electron chi connectivity index (χ0n) is 11.6. The summed E-state index contributed by atoms with van der Waals surface area (Å²) in [4.78, 5) is 14.3. The van der Waals surface area contributed by atoms with Gasteiger partial charge in [-0.3, -0.25) is 15.1 Å². The van der Waals surface area contributed by atoms with Gasteiger partial charge in [-0.1, -0.05) is 6.07 Å². The third-order valence-corrected chi connectivity index (χ3v) is 2.88. The SMILES string of the molecule is O=[N+]([O-])c1ccc(OCCNCCc2ccccn2)cc1. The van der Waals surface area contributed by atoms with Crippen molar-refractivity contribution in [3.63, 3.8) is 0 Å². The number of nitrogens with zero attached hydrogens (tertiary/aromatic N) is 2. The third-order valence-electron chi connectivity index (χ3n) is 2.88. The van der Waals surface area contributed by atoms with Crippen LogP contribution < -0.4 is 10.1 Å². The first-order valence-corrected chi connectivity index (χ1v) is 6.73. The minimum atomic E-state index is -0.428. The Bertz CT molecular complexity index is 558. The van der Waals surface area contributed by atoms with Gasteiger partial charge in [0.05, 0.1) is 4.92 Å². The molecule has 1 heterocycles. The van der Waals surface area contributed by atoms with Crippen molar-refractivity contribution in [2.24, 2.45) is 0 Å². The molecule has 0 bridgehead atoms. The minimum Gasteiger partial charge on any atom is -0.492 e. The molecule has 0 fully saturated rings. The van der Waals surface area contributed by atoms with Gasteiger partial charge in [0.15, 0.2) is 0 Å². The van der Waals surface area contributed by atoms with Crippen molar-refractivity contribution in [1.29, 1.82) is 0 Å². The Labute approximate surface area is 122 Å². The van der Waals surface area contributed by atoms with E-state index in [4.69, 9.17) is 4.74 Å². The van der Waals surface area contributed by atoms with Gasteiger partial charge in [-0.15, -0.1) is 0 Å². The molecule has 6 heteroatoms. The van der Waals surface area contributed by atoms with Crippen LogP contribution in [-0.4, -0.2) is 29.6 Å². The zero-order valence-corrected chi connectivity index (χ0v) is 11.6. The smallest absolute Gasteiger partial charge is 0.269 e. The quantitative estimate of drug-likeness (QED) is 0.457. The molecule has 1 N–H and O–H groups in total. The van der Waals surface area contributed by atoms with E-state index in [1.807, 2.05) is 18.2 Å². The van der Waals surface area contributed by atoms with E-state index in [1.165, 1.54) is 12.1 Å². The van der Waals surface area contributed by atoms with Crippen LogP contribution in [0.15, 0.2) is 48.7 Å². The van der Waals surface area contributed by atoms with Crippen LogP contribution in [0.4, 0.5) is 5.69 Å². The van der Waals surface area contributed by atoms with Crippen molar-refractivity contribution in [3.8, 4) is 5.75 Å². The van der Waals surface area contributed by atoms with Gasteiger partial charge < -0.3 is 10.1 Å². The number of benzene rings is 1. The Morgan fingerprint density at radius 1 is 1.14 bits per heavy atom. The van der Waals surface area contributed by atoms with E-state index in [1.54, 1.807) is 18.3 Å². The molecule has 0 atom stereocenters. The predicted octanol–water partition coefficient (Wildman–Crippen LogP) is 2.20. The van der Waals surface area contributed by atoms with Gasteiger partial charge in [0.25, 0.3) is 5.69 Å². The Morgan fingerprint density at radius 3 is 2.62 bits per heavy atom. The second-order valence-corrected chi connectivity index (χ2v) is 4.42. The van der Waals surface area contributed by atoms with Crippen molar-refractivity contribution in [1.82, 2.24) is 10.3 Å². The van der Waals surface area contributed by atoms with Crippen molar-refractivity contribution >= 4 is 5.69 Å². The number of nitrogens with one attached hydrogen (secondary N) is 1. The number of rotatable bonds is 8. The molecule has 2 rings (SSSR count). The Morgan fingerprint density at radius 2 is 1.95 bits per heavy atom. The molecule has 1 aromatic carbocycles. The van der Waals surface area contributed by atoms with Gasteiger partial charge in [-0.2, -0.15) is 0 Å². The summed E-state index contributed by atoms with van der Waals surface area (Å²) < 4.78 is 5.49. The number of non-ortho nitro benzene ring substituents is 1. The summed E-state index contributed by atoms with van der Waals surface area (Å²) in [6, 6.07) is 11.9. The zero-order chi connectivity index (χ0) is 14.9. The molecule has 0 aliphatic heterocycles. The monoisotopic (exact) mass is 287 g/mol. The van der Waals surface area contributed by atoms with Crippen molar-refractivity contribution in [2.75, 3.05) is 19.7 Å². The molecule has 1 aromatic heterocycles. The van der Waals surface area contributed by atoms with Gasteiger partial charge in [-0.25, -0.2) is 0 Å². The lowest BCUT2D eigenvalue weighted by molar-refractivity contribution is -0.384. The van der Waals surface area contributed by atoms with Crippen molar-refractivity contribution in [3.05, 3.63) is 64.5 Å². The number of nitro groups is 1. The Kier molecular flexibility index (Phi) is 5.66. The first kappa shape index (κ1) is 14.9. The molecular formula is C15H17N3O3. The van der Waals surface area contributed by atoms with Crippen LogP contribution in [0, 0.1) is 10.1 Å². The summed E-state index contributed by atoms with van der Waals surface area (Å²) in [7, 11) is 0. The highest BCUT2D eigenvalue weighted by Gasteiger charge is 2.03. The molecule has 2 aromatic rings. The molecule has 0 saturated carbocycles. The van der Waals surface area contributed by atoms with E-state index in [-0.39, 0.29) is 5.69 Å². The average molecular weight is 287 g/mol. The van der Waals surface area contributed by atoms with Gasteiger partial charge in [0.1, 0.15) is 12.4 Å². The molecule has 0 spiro atoms. The highest BCUT2D eigenvalue weighted by Crippen LogP contribution is 2.16. The molecule has 0 saturated heterocycles. The lowest BCUT2D eigenvalue weighted by Crippen LogP contribution is -2.23. The first-order chi connectivity index (χ1) is 10.3. The van der Waals surface area contributed by atoms with Gasteiger partial charge in [-0.05, 0) is 24.3 Å². The van der Waals surface area contributed by atoms with Crippen LogP contribution in [0.25, 0.3) is 0 Å². The fourth-order valence-corrected chi connectivity index (χ4v) is 1.79. The summed E-state index contributed by atoms with van der Waals surface area (Å²) >= 11 is 0. The highest BCUT2D eigenvalue weighted by atomic mass is 16.6. The van der Waals surface area contributed by atoms with Crippen LogP contribution in [0.3, 0.4) is 0 Å². The van der Waals surface area contributed by atoms with Crippen LogP contribution in [0.5, 0.6) is 5.75 Å². The van der Waals surface area contributed by atoms with Crippen LogP contribution in [0.2, 0.25) is 0 Å². The fraction of sp³-hybridized carbons (Fsp3) is 0.267. The topological polar surface area (TPSA) is 77.3 Å². The van der Waals surface area contributed by atoms with E-state index >= 15 is 0 Å². The number of ether oxygens (including phenoxy) is 1. The van der Waals surface area contributed by atoms with Crippen LogP contribution in [-0.2, 0) is 6.42 Å². The second kappa shape index (κ2) is 7.96. The van der Waals surface area contributed by atoms with E-state index in [0.717, 1.165) is 18.7 Å². The average Bonchev–Trinajstić information content (AvgIpc) is 2.52. The van der Waals surface area contributed by atoms with Crippen molar-refractivity contribution < 1.29 is 9.66 Å². The summed E-state index contributed by atoms with van der Waals surface area (Å²) in [6.07, 6.45) is 2.66. The molecule has 0 unspecified atom stereocenters. The number of pyridine rings is 1. The van der Waals surface area contributed by atoms with Gasteiger partial charge in [0, 0.05) is 43.5 Å².